The molecule has 0 aromatic carbocycles. The number of carboxylic acids is 1. The van der Waals surface area contributed by atoms with Gasteiger partial charge in [0.2, 0.25) is 11.7 Å². The van der Waals surface area contributed by atoms with Crippen molar-refractivity contribution in [3.8, 4) is 0 Å². The van der Waals surface area contributed by atoms with Crippen molar-refractivity contribution in [3.05, 3.63) is 17.5 Å². The van der Waals surface area contributed by atoms with Crippen molar-refractivity contribution < 1.29 is 24.0 Å². The van der Waals surface area contributed by atoms with Crippen molar-refractivity contribution in [2.24, 2.45) is 5.92 Å². The minimum absolute atomic E-state index is 0.189. The van der Waals surface area contributed by atoms with Gasteiger partial charge < -0.3 is 20.3 Å². The van der Waals surface area contributed by atoms with E-state index in [4.69, 9.17) is 5.11 Å². The average molecular weight is 283 g/mol. The number of hydrogen-bond donors (Lipinski definition) is 3. The van der Waals surface area contributed by atoms with Gasteiger partial charge in [-0.15, -0.1) is 0 Å². The Kier molecular flexibility index (Phi) is 5.24. The Hall–Kier alpha value is -2.38. The molecule has 0 aliphatic heterocycles. The summed E-state index contributed by atoms with van der Waals surface area (Å²) in [4.78, 5) is 34.0. The van der Waals surface area contributed by atoms with Crippen LogP contribution in [0.4, 0.5) is 0 Å². The highest BCUT2D eigenvalue weighted by Gasteiger charge is 2.20. The molecule has 1 unspecified atom stereocenters. The lowest BCUT2D eigenvalue weighted by Gasteiger charge is -2.14. The third-order valence-corrected chi connectivity index (χ3v) is 2.38. The molecule has 20 heavy (non-hydrogen) atoms. The molecule has 0 saturated carbocycles. The number of aromatic nitrogens is 1. The summed E-state index contributed by atoms with van der Waals surface area (Å²) in [6.07, 6.45) is 0. The highest BCUT2D eigenvalue weighted by atomic mass is 16.5. The maximum absolute atomic E-state index is 11.7. The zero-order valence-electron chi connectivity index (χ0n) is 11.5. The second-order valence-corrected chi connectivity index (χ2v) is 4.72. The second kappa shape index (κ2) is 6.69. The molecule has 0 saturated heterocycles. The molecule has 2 amide bonds. The first-order chi connectivity index (χ1) is 9.31. The van der Waals surface area contributed by atoms with Gasteiger partial charge in [-0.25, -0.2) is 4.79 Å². The fourth-order valence-electron chi connectivity index (χ4n) is 1.28. The Morgan fingerprint density at radius 1 is 1.35 bits per heavy atom. The molecule has 0 aliphatic rings. The van der Waals surface area contributed by atoms with Gasteiger partial charge in [-0.05, 0) is 12.8 Å². The van der Waals surface area contributed by atoms with E-state index in [0.717, 1.165) is 6.07 Å². The van der Waals surface area contributed by atoms with E-state index in [-0.39, 0.29) is 11.6 Å². The van der Waals surface area contributed by atoms with Crippen LogP contribution in [0.1, 0.15) is 41.8 Å². The van der Waals surface area contributed by atoms with E-state index in [1.165, 1.54) is 6.92 Å². The zero-order chi connectivity index (χ0) is 15.3. The molecular weight excluding hydrogens is 266 g/mol. The second-order valence-electron chi connectivity index (χ2n) is 4.72. The van der Waals surface area contributed by atoms with Crippen LogP contribution in [0.3, 0.4) is 0 Å². The summed E-state index contributed by atoms with van der Waals surface area (Å²) in [5.74, 6) is -2.45. The maximum atomic E-state index is 11.7. The van der Waals surface area contributed by atoms with Crippen molar-refractivity contribution in [1.29, 1.82) is 0 Å². The van der Waals surface area contributed by atoms with Crippen LogP contribution in [0.2, 0.25) is 0 Å². The number of rotatable bonds is 6. The summed E-state index contributed by atoms with van der Waals surface area (Å²) in [5, 5.41) is 17.0. The van der Waals surface area contributed by atoms with E-state index in [1.54, 1.807) is 0 Å². The third kappa shape index (κ3) is 4.38. The summed E-state index contributed by atoms with van der Waals surface area (Å²) in [5.41, 5.74) is -0.189. The Labute approximate surface area is 115 Å². The molecule has 0 fully saturated rings. The molecule has 0 radical (unpaired) electrons. The van der Waals surface area contributed by atoms with Crippen LogP contribution in [-0.4, -0.2) is 40.6 Å². The van der Waals surface area contributed by atoms with Gasteiger partial charge in [-0.1, -0.05) is 19.0 Å². The number of hydrogen-bond acceptors (Lipinski definition) is 5. The third-order valence-electron chi connectivity index (χ3n) is 2.38. The normalized spacial score (nSPS) is 12.0. The molecule has 1 atom stereocenters. The molecule has 110 valence electrons. The summed E-state index contributed by atoms with van der Waals surface area (Å²) in [7, 11) is 0. The standard InChI is InChI=1S/C12H17N3O5/c1-6(2)5-13-10(16)7(3)14-11(17)8-4-9(12(18)19)20-15-8/h4,6-7H,5H2,1-3H3,(H,13,16)(H,14,17)(H,18,19). The van der Waals surface area contributed by atoms with Gasteiger partial charge in [-0.2, -0.15) is 0 Å². The van der Waals surface area contributed by atoms with E-state index >= 15 is 0 Å². The van der Waals surface area contributed by atoms with Crippen LogP contribution < -0.4 is 10.6 Å². The van der Waals surface area contributed by atoms with Crippen molar-refractivity contribution in [3.63, 3.8) is 0 Å². The maximum Gasteiger partial charge on any atom is 0.374 e. The van der Waals surface area contributed by atoms with Gasteiger partial charge in [0.15, 0.2) is 5.69 Å². The number of carbonyl (C=O) groups excluding carboxylic acids is 2. The molecular formula is C12H17N3O5. The van der Waals surface area contributed by atoms with E-state index < -0.39 is 23.7 Å². The monoisotopic (exact) mass is 283 g/mol. The number of amides is 2. The minimum atomic E-state index is -1.32. The lowest BCUT2D eigenvalue weighted by Crippen LogP contribution is -2.45. The van der Waals surface area contributed by atoms with E-state index in [1.807, 2.05) is 13.8 Å². The topological polar surface area (TPSA) is 122 Å². The highest BCUT2D eigenvalue weighted by Crippen LogP contribution is 2.03. The molecule has 3 N–H and O–H groups in total. The lowest BCUT2D eigenvalue weighted by atomic mass is 10.2. The first-order valence-electron chi connectivity index (χ1n) is 6.09. The molecule has 0 aliphatic carbocycles. The van der Waals surface area contributed by atoms with Crippen LogP contribution in [-0.2, 0) is 4.79 Å². The van der Waals surface area contributed by atoms with E-state index in [0.29, 0.717) is 12.5 Å². The molecule has 1 aromatic heterocycles. The van der Waals surface area contributed by atoms with Crippen molar-refractivity contribution in [2.45, 2.75) is 26.8 Å². The Balaban J connectivity index is 2.56. The number of aromatic carboxylic acids is 1. The summed E-state index contributed by atoms with van der Waals surface area (Å²) < 4.78 is 4.46. The Morgan fingerprint density at radius 3 is 2.50 bits per heavy atom. The quantitative estimate of drug-likeness (QED) is 0.688. The average Bonchev–Trinajstić information content (AvgIpc) is 2.85. The molecule has 8 heteroatoms. The van der Waals surface area contributed by atoms with Gasteiger partial charge in [0.1, 0.15) is 6.04 Å². The van der Waals surface area contributed by atoms with Crippen LogP contribution in [0.5, 0.6) is 0 Å². The number of carbonyl (C=O) groups is 3. The van der Waals surface area contributed by atoms with Gasteiger partial charge in [-0.3, -0.25) is 9.59 Å². The van der Waals surface area contributed by atoms with E-state index in [9.17, 15) is 14.4 Å². The number of nitrogens with one attached hydrogen (secondary N) is 2. The highest BCUT2D eigenvalue weighted by molar-refractivity contribution is 5.97. The summed E-state index contributed by atoms with van der Waals surface area (Å²) in [6, 6.07) is 0.238. The zero-order valence-corrected chi connectivity index (χ0v) is 11.5. The molecule has 1 heterocycles. The molecule has 0 spiro atoms. The van der Waals surface area contributed by atoms with Gasteiger partial charge in [0, 0.05) is 12.6 Å². The van der Waals surface area contributed by atoms with Gasteiger partial charge in [0.05, 0.1) is 0 Å². The SMILES string of the molecule is CC(C)CNC(=O)C(C)NC(=O)c1cc(C(=O)O)on1. The number of carboxylic acid groups (broad SMARTS) is 1. The largest absolute Gasteiger partial charge is 0.475 e. The van der Waals surface area contributed by atoms with Gasteiger partial charge in [0.25, 0.3) is 5.91 Å². The first kappa shape index (κ1) is 15.7. The molecule has 0 bridgehead atoms. The fourth-order valence-corrected chi connectivity index (χ4v) is 1.28. The van der Waals surface area contributed by atoms with Crippen LogP contribution in [0.25, 0.3) is 0 Å². The van der Waals surface area contributed by atoms with Crippen LogP contribution >= 0.6 is 0 Å². The summed E-state index contributed by atoms with van der Waals surface area (Å²) in [6.45, 7) is 5.93. The van der Waals surface area contributed by atoms with Crippen LogP contribution in [0, 0.1) is 5.92 Å². The number of nitrogens with zero attached hydrogens (tertiary/aromatic N) is 1. The Morgan fingerprint density at radius 2 is 2.00 bits per heavy atom. The Bertz CT molecular complexity index is 509. The molecule has 1 rings (SSSR count). The lowest BCUT2D eigenvalue weighted by molar-refractivity contribution is -0.122. The van der Waals surface area contributed by atoms with Crippen LogP contribution in [0.15, 0.2) is 10.6 Å². The van der Waals surface area contributed by atoms with Crippen molar-refractivity contribution in [2.75, 3.05) is 6.54 Å². The predicted octanol–water partition coefficient (Wildman–Crippen LogP) is 0.263. The smallest absolute Gasteiger partial charge is 0.374 e. The van der Waals surface area contributed by atoms with Crippen molar-refractivity contribution >= 4 is 17.8 Å². The summed E-state index contributed by atoms with van der Waals surface area (Å²) >= 11 is 0. The minimum Gasteiger partial charge on any atom is -0.475 e. The molecule has 1 aromatic rings. The van der Waals surface area contributed by atoms with E-state index in [2.05, 4.69) is 20.3 Å². The molecule has 8 nitrogen and oxygen atoms in total. The fraction of sp³-hybridized carbons (Fsp3) is 0.500. The van der Waals surface area contributed by atoms with Crippen molar-refractivity contribution in [1.82, 2.24) is 15.8 Å². The predicted molar refractivity (Wildman–Crippen MR) is 68.2 cm³/mol. The van der Waals surface area contributed by atoms with Gasteiger partial charge >= 0.3 is 5.97 Å². The first-order valence-corrected chi connectivity index (χ1v) is 6.09.